The molecule has 3 heterocycles. The zero-order valence-electron chi connectivity index (χ0n) is 10.7. The van der Waals surface area contributed by atoms with E-state index in [2.05, 4.69) is 9.97 Å². The van der Waals surface area contributed by atoms with E-state index < -0.39 is 15.6 Å². The zero-order valence-corrected chi connectivity index (χ0v) is 12.4. The molecule has 0 radical (unpaired) electrons. The summed E-state index contributed by atoms with van der Waals surface area (Å²) in [7, 11) is -3.69. The minimum Gasteiger partial charge on any atom is -0.379 e. The first kappa shape index (κ1) is 13.7. The fourth-order valence-electron chi connectivity index (χ4n) is 2.26. The van der Waals surface area contributed by atoms with E-state index in [0.29, 0.717) is 36.0 Å². The lowest BCUT2D eigenvalue weighted by Crippen LogP contribution is -2.41. The lowest BCUT2D eigenvalue weighted by molar-refractivity contribution is 0.0730. The number of nitrogens with zero attached hydrogens (tertiary/aromatic N) is 2. The second-order valence-electron chi connectivity index (χ2n) is 4.42. The van der Waals surface area contributed by atoms with E-state index in [-0.39, 0.29) is 10.3 Å². The maximum atomic E-state index is 12.7. The largest absolute Gasteiger partial charge is 0.379 e. The molecule has 1 saturated heterocycles. The molecule has 0 aliphatic carbocycles. The minimum atomic E-state index is -3.69. The molecule has 7 nitrogen and oxygen atoms in total. The van der Waals surface area contributed by atoms with E-state index >= 15 is 0 Å². The van der Waals surface area contributed by atoms with Gasteiger partial charge in [-0.2, -0.15) is 4.31 Å². The van der Waals surface area contributed by atoms with Gasteiger partial charge in [0.05, 0.1) is 24.9 Å². The fraction of sp³-hybridized carbons (Fsp3) is 0.455. The van der Waals surface area contributed by atoms with Crippen molar-refractivity contribution in [3.63, 3.8) is 0 Å². The summed E-state index contributed by atoms with van der Waals surface area (Å²) >= 11 is 1.22. The molecule has 2 aromatic heterocycles. The first-order valence-electron chi connectivity index (χ1n) is 6.06. The maximum Gasteiger partial charge on any atom is 0.260 e. The number of ether oxygens (including phenoxy) is 1. The molecule has 0 aromatic carbocycles. The second kappa shape index (κ2) is 4.92. The van der Waals surface area contributed by atoms with Gasteiger partial charge in [-0.3, -0.25) is 4.79 Å². The fourth-order valence-corrected chi connectivity index (χ4v) is 5.35. The third-order valence-electron chi connectivity index (χ3n) is 3.18. The summed E-state index contributed by atoms with van der Waals surface area (Å²) in [4.78, 5) is 19.5. The number of rotatable bonds is 2. The Hall–Kier alpha value is -1.29. The number of morpholine rings is 1. The Labute approximate surface area is 119 Å². The van der Waals surface area contributed by atoms with Gasteiger partial charge in [-0.25, -0.2) is 13.4 Å². The van der Waals surface area contributed by atoms with Crippen LogP contribution >= 0.6 is 11.3 Å². The Kier molecular flexibility index (Phi) is 3.36. The van der Waals surface area contributed by atoms with Crippen molar-refractivity contribution in [3.8, 4) is 0 Å². The number of fused-ring (bicyclic) bond motifs is 1. The number of hydrogen-bond acceptors (Lipinski definition) is 6. The smallest absolute Gasteiger partial charge is 0.260 e. The van der Waals surface area contributed by atoms with Crippen LogP contribution in [-0.2, 0) is 14.8 Å². The molecule has 0 bridgehead atoms. The van der Waals surface area contributed by atoms with Gasteiger partial charge in [0.15, 0.2) is 0 Å². The van der Waals surface area contributed by atoms with Crippen LogP contribution in [-0.4, -0.2) is 49.0 Å². The molecule has 0 spiro atoms. The second-order valence-corrected chi connectivity index (χ2v) is 7.49. The molecule has 20 heavy (non-hydrogen) atoms. The molecular formula is C11H13N3O4S2. The number of H-pyrrole nitrogens is 1. The summed E-state index contributed by atoms with van der Waals surface area (Å²) in [5.41, 5.74) is -0.425. The van der Waals surface area contributed by atoms with E-state index in [4.69, 9.17) is 4.74 Å². The molecule has 9 heteroatoms. The van der Waals surface area contributed by atoms with Crippen molar-refractivity contribution < 1.29 is 13.2 Å². The quantitative estimate of drug-likeness (QED) is 0.861. The number of aryl methyl sites for hydroxylation is 1. The summed E-state index contributed by atoms with van der Waals surface area (Å²) in [5.74, 6) is 0. The molecule has 0 unspecified atom stereocenters. The molecule has 1 aliphatic rings. The Morgan fingerprint density at radius 2 is 2.10 bits per heavy atom. The molecule has 0 atom stereocenters. The first-order valence-corrected chi connectivity index (χ1v) is 8.32. The molecule has 108 valence electrons. The van der Waals surface area contributed by atoms with E-state index in [1.807, 2.05) is 0 Å². The molecular weight excluding hydrogens is 302 g/mol. The van der Waals surface area contributed by atoms with Gasteiger partial charge in [-0.05, 0) is 6.92 Å². The number of sulfonamides is 1. The Morgan fingerprint density at radius 3 is 2.80 bits per heavy atom. The van der Waals surface area contributed by atoms with Crippen LogP contribution in [0.2, 0.25) is 0 Å². The number of aromatic nitrogens is 2. The van der Waals surface area contributed by atoms with Crippen LogP contribution < -0.4 is 5.56 Å². The van der Waals surface area contributed by atoms with Crippen molar-refractivity contribution in [1.29, 1.82) is 0 Å². The molecule has 0 saturated carbocycles. The molecule has 1 N–H and O–H groups in total. The third kappa shape index (κ3) is 2.06. The summed E-state index contributed by atoms with van der Waals surface area (Å²) in [6.07, 6.45) is 1.28. The van der Waals surface area contributed by atoms with Crippen LogP contribution in [0.3, 0.4) is 0 Å². The van der Waals surface area contributed by atoms with Crippen LogP contribution in [0.15, 0.2) is 16.0 Å². The van der Waals surface area contributed by atoms with Crippen molar-refractivity contribution in [2.45, 2.75) is 11.8 Å². The summed E-state index contributed by atoms with van der Waals surface area (Å²) in [6, 6.07) is 0. The predicted molar refractivity (Wildman–Crippen MR) is 74.6 cm³/mol. The van der Waals surface area contributed by atoms with Crippen LogP contribution in [0, 0.1) is 6.92 Å². The molecule has 1 fully saturated rings. The lowest BCUT2D eigenvalue weighted by Gasteiger charge is -2.26. The van der Waals surface area contributed by atoms with Gasteiger partial charge in [-0.15, -0.1) is 11.3 Å². The topological polar surface area (TPSA) is 92.4 Å². The first-order chi connectivity index (χ1) is 9.51. The summed E-state index contributed by atoms with van der Waals surface area (Å²) < 4.78 is 32.0. The average molecular weight is 315 g/mol. The van der Waals surface area contributed by atoms with E-state index in [1.165, 1.54) is 22.0 Å². The molecule has 3 rings (SSSR count). The lowest BCUT2D eigenvalue weighted by atomic mass is 10.4. The van der Waals surface area contributed by atoms with Gasteiger partial charge in [0.2, 0.25) is 10.0 Å². The molecule has 1 aliphatic heterocycles. The maximum absolute atomic E-state index is 12.7. The normalized spacial score (nSPS) is 17.6. The number of aromatic amines is 1. The van der Waals surface area contributed by atoms with Crippen molar-refractivity contribution in [2.24, 2.45) is 0 Å². The van der Waals surface area contributed by atoms with Crippen LogP contribution in [0.4, 0.5) is 0 Å². The highest BCUT2D eigenvalue weighted by molar-refractivity contribution is 7.89. The Balaban J connectivity index is 2.23. The van der Waals surface area contributed by atoms with Gasteiger partial charge >= 0.3 is 0 Å². The van der Waals surface area contributed by atoms with Crippen LogP contribution in [0.25, 0.3) is 10.2 Å². The van der Waals surface area contributed by atoms with Gasteiger partial charge in [0, 0.05) is 18.0 Å². The van der Waals surface area contributed by atoms with Crippen molar-refractivity contribution >= 4 is 31.6 Å². The highest BCUT2D eigenvalue weighted by Crippen LogP contribution is 2.32. The van der Waals surface area contributed by atoms with E-state index in [0.717, 1.165) is 0 Å². The van der Waals surface area contributed by atoms with Gasteiger partial charge < -0.3 is 9.72 Å². The van der Waals surface area contributed by atoms with Crippen molar-refractivity contribution in [1.82, 2.24) is 14.3 Å². The summed E-state index contributed by atoms with van der Waals surface area (Å²) in [5, 5.41) is 0.154. The van der Waals surface area contributed by atoms with E-state index in [1.54, 1.807) is 6.92 Å². The average Bonchev–Trinajstić information content (AvgIpc) is 2.78. The predicted octanol–water partition coefficient (Wildman–Crippen LogP) is 0.314. The third-order valence-corrected chi connectivity index (χ3v) is 6.40. The van der Waals surface area contributed by atoms with Gasteiger partial charge in [0.1, 0.15) is 9.73 Å². The van der Waals surface area contributed by atoms with Crippen molar-refractivity contribution in [2.75, 3.05) is 26.3 Å². The Morgan fingerprint density at radius 1 is 1.40 bits per heavy atom. The monoisotopic (exact) mass is 315 g/mol. The van der Waals surface area contributed by atoms with Gasteiger partial charge in [-0.1, -0.05) is 0 Å². The SMILES string of the molecule is Cc1sc2nc[nH]c(=O)c2c1S(=O)(=O)N1CCOCC1. The number of thiophene rings is 1. The number of nitrogens with one attached hydrogen (secondary N) is 1. The highest BCUT2D eigenvalue weighted by atomic mass is 32.2. The zero-order chi connectivity index (χ0) is 14.3. The standard InChI is InChI=1S/C11H13N3O4S2/c1-7-9(8-10(15)12-6-13-11(8)19-7)20(16,17)14-2-4-18-5-3-14/h6H,2-5H2,1H3,(H,12,13,15). The molecule has 0 amide bonds. The van der Waals surface area contributed by atoms with Crippen LogP contribution in [0.1, 0.15) is 4.88 Å². The highest BCUT2D eigenvalue weighted by Gasteiger charge is 2.32. The van der Waals surface area contributed by atoms with E-state index in [9.17, 15) is 13.2 Å². The number of hydrogen-bond donors (Lipinski definition) is 1. The molecule has 2 aromatic rings. The summed E-state index contributed by atoms with van der Waals surface area (Å²) in [6.45, 7) is 3.04. The van der Waals surface area contributed by atoms with Crippen LogP contribution in [0.5, 0.6) is 0 Å². The Bertz CT molecular complexity index is 803. The minimum absolute atomic E-state index is 0.0775. The van der Waals surface area contributed by atoms with Gasteiger partial charge in [0.25, 0.3) is 5.56 Å². The van der Waals surface area contributed by atoms with Crippen molar-refractivity contribution in [3.05, 3.63) is 21.6 Å².